The number of rotatable bonds is 5. The Bertz CT molecular complexity index is 1700. The third kappa shape index (κ3) is 3.30. The number of likely N-dealkylation sites (tertiary alicyclic amines) is 1. The summed E-state index contributed by atoms with van der Waals surface area (Å²) in [6.07, 6.45) is -1.39. The molecule has 2 spiro atoms. The fourth-order valence-electron chi connectivity index (χ4n) is 7.80. The van der Waals surface area contributed by atoms with Crippen molar-refractivity contribution >= 4 is 34.7 Å². The van der Waals surface area contributed by atoms with Gasteiger partial charge < -0.3 is 24.1 Å². The van der Waals surface area contributed by atoms with Gasteiger partial charge in [0.05, 0.1) is 12.0 Å². The lowest BCUT2D eigenvalue weighted by atomic mass is 9.56. The van der Waals surface area contributed by atoms with E-state index in [0.29, 0.717) is 12.0 Å². The molecule has 4 heterocycles. The summed E-state index contributed by atoms with van der Waals surface area (Å²) in [4.78, 5) is 59.6. The van der Waals surface area contributed by atoms with Gasteiger partial charge in [0.25, 0.3) is 5.91 Å². The number of aromatic nitrogens is 1. The lowest BCUT2D eigenvalue weighted by Crippen LogP contribution is -2.55. The van der Waals surface area contributed by atoms with E-state index in [1.807, 2.05) is 52.0 Å². The number of carbonyl (C=O) groups excluding carboxylic acids is 4. The zero-order chi connectivity index (χ0) is 29.6. The molecule has 3 fully saturated rings. The van der Waals surface area contributed by atoms with Crippen LogP contribution in [-0.2, 0) is 35.0 Å². The summed E-state index contributed by atoms with van der Waals surface area (Å²) >= 11 is 0. The van der Waals surface area contributed by atoms with Crippen molar-refractivity contribution < 1.29 is 33.4 Å². The Labute approximate surface area is 242 Å². The first-order valence-electron chi connectivity index (χ1n) is 14.3. The summed E-state index contributed by atoms with van der Waals surface area (Å²) in [5.41, 5.74) is 0.495. The molecule has 9 nitrogen and oxygen atoms in total. The van der Waals surface area contributed by atoms with E-state index in [-0.39, 0.29) is 18.5 Å². The molecular weight excluding hydrogens is 536 g/mol. The lowest BCUT2D eigenvalue weighted by molar-refractivity contribution is -0.159. The van der Waals surface area contributed by atoms with Crippen LogP contribution in [0.15, 0.2) is 66.2 Å². The molecule has 0 unspecified atom stereocenters. The number of aryl methyl sites for hydroxylation is 1. The number of hydrogen-bond donors (Lipinski definition) is 1. The molecule has 3 saturated heterocycles. The second kappa shape index (κ2) is 8.80. The quantitative estimate of drug-likeness (QED) is 0.278. The predicted molar refractivity (Wildman–Crippen MR) is 151 cm³/mol. The van der Waals surface area contributed by atoms with Crippen LogP contribution in [0.4, 0.5) is 0 Å². The van der Waals surface area contributed by atoms with Crippen LogP contribution < -0.4 is 0 Å². The van der Waals surface area contributed by atoms with Crippen LogP contribution in [-0.4, -0.2) is 58.7 Å². The van der Waals surface area contributed by atoms with E-state index in [9.17, 15) is 19.2 Å². The topological polar surface area (TPSA) is 115 Å². The van der Waals surface area contributed by atoms with E-state index in [1.165, 1.54) is 4.90 Å². The second-order valence-electron chi connectivity index (χ2n) is 12.7. The Morgan fingerprint density at radius 1 is 1.05 bits per heavy atom. The third-order valence-corrected chi connectivity index (χ3v) is 9.56. The first-order valence-corrected chi connectivity index (χ1v) is 14.3. The number of hydrogen-bond acceptors (Lipinski definition) is 7. The minimum Gasteiger partial charge on any atom is -0.457 e. The monoisotopic (exact) mass is 568 g/mol. The molecule has 4 aliphatic rings. The Balaban J connectivity index is 1.35. The summed E-state index contributed by atoms with van der Waals surface area (Å²) in [5, 5.41) is 1.09. The second-order valence-corrected chi connectivity index (χ2v) is 12.7. The largest absolute Gasteiger partial charge is 0.457 e. The third-order valence-electron chi connectivity index (χ3n) is 9.56. The van der Waals surface area contributed by atoms with Crippen molar-refractivity contribution in [2.45, 2.75) is 59.0 Å². The Morgan fingerprint density at radius 2 is 1.76 bits per heavy atom. The highest BCUT2D eigenvalue weighted by molar-refractivity contribution is 6.00. The van der Waals surface area contributed by atoms with Gasteiger partial charge in [-0.2, -0.15) is 0 Å². The predicted octanol–water partition coefficient (Wildman–Crippen LogP) is 4.24. The van der Waals surface area contributed by atoms with Gasteiger partial charge in [0.1, 0.15) is 16.9 Å². The Morgan fingerprint density at radius 3 is 2.48 bits per heavy atom. The van der Waals surface area contributed by atoms with Crippen molar-refractivity contribution in [3.8, 4) is 0 Å². The number of nitrogens with zero attached hydrogens (tertiary/aromatic N) is 1. The molecule has 0 bridgehead atoms. The van der Waals surface area contributed by atoms with E-state index in [2.05, 4.69) is 4.98 Å². The van der Waals surface area contributed by atoms with E-state index >= 15 is 0 Å². The van der Waals surface area contributed by atoms with Crippen LogP contribution in [0.1, 0.15) is 48.8 Å². The molecule has 216 valence electrons. The van der Waals surface area contributed by atoms with Gasteiger partial charge in [-0.05, 0) is 47.8 Å². The maximum absolute atomic E-state index is 14.4. The van der Waals surface area contributed by atoms with Gasteiger partial charge >= 0.3 is 17.9 Å². The molecular formula is C33H32N2O7. The van der Waals surface area contributed by atoms with E-state index in [1.54, 1.807) is 36.4 Å². The van der Waals surface area contributed by atoms with Crippen molar-refractivity contribution in [2.24, 2.45) is 16.2 Å². The molecule has 0 radical (unpaired) electrons. The van der Waals surface area contributed by atoms with Gasteiger partial charge in [-0.15, -0.1) is 0 Å². The standard InChI is InChI=1S/C33H32N2O7/c1-18-20-12-8-9-13-22(20)34-21(18)14-15-35-27(37)26(41-28(38)19-10-6-5-7-11-19)33-23(31(2,3)4)16-24-32(33,17-25(36)40-24)30(39)42-29(33)35/h5-13,16,24,26,29,34H,14-15,17H2,1-4H3/t24-,26-,29-,32-,33-/m0/s1. The number of esters is 3. The average molecular weight is 569 g/mol. The van der Waals surface area contributed by atoms with Gasteiger partial charge in [0.2, 0.25) is 0 Å². The average Bonchev–Trinajstić information content (AvgIpc) is 3.67. The number of carbonyl (C=O) groups is 4. The van der Waals surface area contributed by atoms with Crippen LogP contribution in [0.2, 0.25) is 0 Å². The minimum absolute atomic E-state index is 0.207. The molecule has 1 aromatic heterocycles. The van der Waals surface area contributed by atoms with Crippen molar-refractivity contribution in [3.05, 3.63) is 83.1 Å². The summed E-state index contributed by atoms with van der Waals surface area (Å²) < 4.78 is 17.9. The summed E-state index contributed by atoms with van der Waals surface area (Å²) in [7, 11) is 0. The fourth-order valence-corrected chi connectivity index (χ4v) is 7.80. The first-order chi connectivity index (χ1) is 20.0. The van der Waals surface area contributed by atoms with Crippen molar-refractivity contribution in [3.63, 3.8) is 0 Å². The number of para-hydroxylation sites is 1. The first kappa shape index (κ1) is 26.5. The maximum atomic E-state index is 14.4. The molecule has 1 N–H and O–H groups in total. The molecule has 2 aromatic carbocycles. The zero-order valence-electron chi connectivity index (χ0n) is 23.9. The molecule has 42 heavy (non-hydrogen) atoms. The summed E-state index contributed by atoms with van der Waals surface area (Å²) in [5.74, 6) is -2.31. The SMILES string of the molecule is Cc1c(CCN2C(=O)[C@H](OC(=O)c3ccccc3)[C@]34C(C(C)(C)C)=C[C@@H]5OC(=O)C[C@@]53C(=O)O[C@H]24)[nH]c2ccccc12. The molecule has 0 saturated carbocycles. The van der Waals surface area contributed by atoms with E-state index in [0.717, 1.165) is 22.2 Å². The van der Waals surface area contributed by atoms with Crippen LogP contribution in [0, 0.1) is 23.2 Å². The van der Waals surface area contributed by atoms with Gasteiger partial charge in [-0.3, -0.25) is 14.4 Å². The number of fused-ring (bicyclic) bond motifs is 1. The summed E-state index contributed by atoms with van der Waals surface area (Å²) in [6.45, 7) is 8.15. The molecule has 3 aliphatic heterocycles. The van der Waals surface area contributed by atoms with E-state index < -0.39 is 58.5 Å². The number of aromatic amines is 1. The molecule has 1 amide bonds. The molecule has 7 rings (SSSR count). The fraction of sp³-hybridized carbons (Fsp3) is 0.394. The van der Waals surface area contributed by atoms with Crippen LogP contribution in [0.3, 0.4) is 0 Å². The Hall–Kier alpha value is -4.40. The van der Waals surface area contributed by atoms with Crippen molar-refractivity contribution in [2.75, 3.05) is 6.54 Å². The van der Waals surface area contributed by atoms with Crippen LogP contribution >= 0.6 is 0 Å². The highest BCUT2D eigenvalue weighted by atomic mass is 16.6. The maximum Gasteiger partial charge on any atom is 0.338 e. The highest BCUT2D eigenvalue weighted by Gasteiger charge is 2.87. The molecule has 1 aliphatic carbocycles. The van der Waals surface area contributed by atoms with Gasteiger partial charge in [-0.25, -0.2) is 4.79 Å². The number of ether oxygens (including phenoxy) is 3. The van der Waals surface area contributed by atoms with Gasteiger partial charge in [-0.1, -0.05) is 57.2 Å². The molecule has 3 aromatic rings. The number of nitrogens with one attached hydrogen (secondary N) is 1. The molecule has 5 atom stereocenters. The van der Waals surface area contributed by atoms with Gasteiger partial charge in [0, 0.05) is 29.6 Å². The normalized spacial score (nSPS) is 29.7. The highest BCUT2D eigenvalue weighted by Crippen LogP contribution is 2.72. The van der Waals surface area contributed by atoms with Crippen molar-refractivity contribution in [1.82, 2.24) is 9.88 Å². The van der Waals surface area contributed by atoms with Crippen molar-refractivity contribution in [1.29, 1.82) is 0 Å². The van der Waals surface area contributed by atoms with Crippen LogP contribution in [0.5, 0.6) is 0 Å². The molecule has 9 heteroatoms. The Kier molecular flexibility index (Phi) is 5.55. The zero-order valence-corrected chi connectivity index (χ0v) is 23.9. The minimum atomic E-state index is -1.51. The summed E-state index contributed by atoms with van der Waals surface area (Å²) in [6, 6.07) is 16.4. The number of amides is 1. The smallest absolute Gasteiger partial charge is 0.338 e. The van der Waals surface area contributed by atoms with E-state index in [4.69, 9.17) is 14.2 Å². The number of benzene rings is 2. The van der Waals surface area contributed by atoms with Gasteiger partial charge in [0.15, 0.2) is 12.3 Å². The lowest BCUT2D eigenvalue weighted by Gasteiger charge is -2.42. The number of H-pyrrole nitrogens is 1. The van der Waals surface area contributed by atoms with Crippen LogP contribution in [0.25, 0.3) is 10.9 Å².